The first-order valence-corrected chi connectivity index (χ1v) is 4.79. The first-order chi connectivity index (χ1) is 6.29. The first-order valence-electron chi connectivity index (χ1n) is 3.28. The number of carboxylic acid groups (broad SMARTS) is 1. The molecular formula is C6H8O7S. The van der Waals surface area contributed by atoms with Gasteiger partial charge < -0.3 is 9.84 Å². The van der Waals surface area contributed by atoms with E-state index in [9.17, 15) is 18.0 Å². The summed E-state index contributed by atoms with van der Waals surface area (Å²) in [5, 5.41) is 6.13. The van der Waals surface area contributed by atoms with Crippen molar-refractivity contribution in [3.63, 3.8) is 0 Å². The molecule has 1 unspecified atom stereocenters. The SMILES string of the molecule is C=COC(=O)C(CC(=O)O)S(=O)(=O)O. The molecule has 80 valence electrons. The van der Waals surface area contributed by atoms with Crippen molar-refractivity contribution in [2.24, 2.45) is 0 Å². The monoisotopic (exact) mass is 224 g/mol. The Morgan fingerprint density at radius 3 is 2.29 bits per heavy atom. The number of carboxylic acids is 1. The van der Waals surface area contributed by atoms with Crippen LogP contribution in [0.25, 0.3) is 0 Å². The molecule has 1 atom stereocenters. The second-order valence-electron chi connectivity index (χ2n) is 2.21. The van der Waals surface area contributed by atoms with Gasteiger partial charge >= 0.3 is 11.9 Å². The highest BCUT2D eigenvalue weighted by molar-refractivity contribution is 7.87. The van der Waals surface area contributed by atoms with Crippen LogP contribution in [0.15, 0.2) is 12.8 Å². The molecule has 0 aromatic heterocycles. The van der Waals surface area contributed by atoms with Gasteiger partial charge in [-0.05, 0) is 0 Å². The number of rotatable bonds is 5. The first kappa shape index (κ1) is 12.6. The van der Waals surface area contributed by atoms with Gasteiger partial charge in [0.1, 0.15) is 0 Å². The molecule has 8 heteroatoms. The number of carbonyl (C=O) groups excluding carboxylic acids is 1. The van der Waals surface area contributed by atoms with Crippen LogP contribution in [0.1, 0.15) is 6.42 Å². The maximum Gasteiger partial charge on any atom is 0.332 e. The van der Waals surface area contributed by atoms with Crippen LogP contribution in [-0.4, -0.2) is 35.3 Å². The van der Waals surface area contributed by atoms with Crippen molar-refractivity contribution in [3.05, 3.63) is 12.8 Å². The van der Waals surface area contributed by atoms with E-state index in [1.807, 2.05) is 0 Å². The number of carbonyl (C=O) groups is 2. The summed E-state index contributed by atoms with van der Waals surface area (Å²) in [6.45, 7) is 2.98. The molecule has 0 radical (unpaired) electrons. The summed E-state index contributed by atoms with van der Waals surface area (Å²) >= 11 is 0. The lowest BCUT2D eigenvalue weighted by atomic mass is 10.3. The van der Waals surface area contributed by atoms with Gasteiger partial charge in [-0.1, -0.05) is 6.58 Å². The fourth-order valence-electron chi connectivity index (χ4n) is 0.627. The highest BCUT2D eigenvalue weighted by atomic mass is 32.2. The third-order valence-corrected chi connectivity index (χ3v) is 2.26. The van der Waals surface area contributed by atoms with Gasteiger partial charge in [-0.15, -0.1) is 0 Å². The Morgan fingerprint density at radius 2 is 2.00 bits per heavy atom. The van der Waals surface area contributed by atoms with E-state index >= 15 is 0 Å². The fraction of sp³-hybridized carbons (Fsp3) is 0.333. The molecule has 0 saturated heterocycles. The molecule has 0 aliphatic rings. The summed E-state index contributed by atoms with van der Waals surface area (Å²) in [4.78, 5) is 21.0. The molecule has 0 heterocycles. The second-order valence-corrected chi connectivity index (χ2v) is 3.80. The Hall–Kier alpha value is -1.41. The standard InChI is InChI=1S/C6H8O7S/c1-2-13-6(9)4(3-5(7)8)14(10,11)12/h2,4H,1,3H2,(H,7,8)(H,10,11,12). The molecule has 7 nitrogen and oxygen atoms in total. The van der Waals surface area contributed by atoms with E-state index in [1.54, 1.807) is 0 Å². The van der Waals surface area contributed by atoms with Crippen LogP contribution in [-0.2, 0) is 24.4 Å². The van der Waals surface area contributed by atoms with E-state index in [2.05, 4.69) is 11.3 Å². The Morgan fingerprint density at radius 1 is 1.50 bits per heavy atom. The highest BCUT2D eigenvalue weighted by Gasteiger charge is 2.34. The van der Waals surface area contributed by atoms with Crippen LogP contribution < -0.4 is 0 Å². The van der Waals surface area contributed by atoms with Crippen molar-refractivity contribution in [2.75, 3.05) is 0 Å². The molecular weight excluding hydrogens is 216 g/mol. The number of aliphatic carboxylic acids is 1. The van der Waals surface area contributed by atoms with Gasteiger partial charge in [0, 0.05) is 0 Å². The molecule has 0 saturated carbocycles. The van der Waals surface area contributed by atoms with Gasteiger partial charge in [0.05, 0.1) is 12.7 Å². The van der Waals surface area contributed by atoms with Crippen molar-refractivity contribution in [1.29, 1.82) is 0 Å². The molecule has 2 N–H and O–H groups in total. The van der Waals surface area contributed by atoms with E-state index in [4.69, 9.17) is 9.66 Å². The van der Waals surface area contributed by atoms with Crippen LogP contribution in [0.5, 0.6) is 0 Å². The smallest absolute Gasteiger partial charge is 0.332 e. The summed E-state index contributed by atoms with van der Waals surface area (Å²) in [7, 11) is -4.78. The zero-order valence-electron chi connectivity index (χ0n) is 6.91. The third kappa shape index (κ3) is 4.01. The van der Waals surface area contributed by atoms with Gasteiger partial charge in [0.2, 0.25) is 0 Å². The summed E-state index contributed by atoms with van der Waals surface area (Å²) in [5.74, 6) is -2.93. The maximum absolute atomic E-state index is 10.8. The van der Waals surface area contributed by atoms with Crippen LogP contribution in [0.4, 0.5) is 0 Å². The Kier molecular flexibility index (Phi) is 4.25. The predicted molar refractivity (Wildman–Crippen MR) is 43.9 cm³/mol. The number of esters is 1. The molecule has 0 spiro atoms. The summed E-state index contributed by atoms with van der Waals surface area (Å²) in [5.41, 5.74) is 0. The quantitative estimate of drug-likeness (QED) is 0.363. The fourth-order valence-corrected chi connectivity index (χ4v) is 1.28. The van der Waals surface area contributed by atoms with Crippen LogP contribution in [0.3, 0.4) is 0 Å². The van der Waals surface area contributed by atoms with Gasteiger partial charge in [0.25, 0.3) is 10.1 Å². The highest BCUT2D eigenvalue weighted by Crippen LogP contribution is 2.07. The van der Waals surface area contributed by atoms with Gasteiger partial charge in [-0.25, -0.2) is 0 Å². The second kappa shape index (κ2) is 4.72. The zero-order valence-corrected chi connectivity index (χ0v) is 7.73. The molecule has 0 aliphatic carbocycles. The third-order valence-electron chi connectivity index (χ3n) is 1.18. The van der Waals surface area contributed by atoms with Crippen LogP contribution >= 0.6 is 0 Å². The number of hydrogen-bond donors (Lipinski definition) is 2. The summed E-state index contributed by atoms with van der Waals surface area (Å²) in [6.07, 6.45) is -0.423. The van der Waals surface area contributed by atoms with Gasteiger partial charge in [-0.3, -0.25) is 14.1 Å². The zero-order chi connectivity index (χ0) is 11.4. The number of hydrogen-bond acceptors (Lipinski definition) is 5. The molecule has 0 aliphatic heterocycles. The number of ether oxygens (including phenoxy) is 1. The lowest BCUT2D eigenvalue weighted by Crippen LogP contribution is -2.33. The van der Waals surface area contributed by atoms with Gasteiger partial charge in [0.15, 0.2) is 5.25 Å². The Balaban J connectivity index is 4.82. The average Bonchev–Trinajstić information content (AvgIpc) is 1.98. The van der Waals surface area contributed by atoms with Crippen molar-refractivity contribution in [3.8, 4) is 0 Å². The maximum atomic E-state index is 10.8. The van der Waals surface area contributed by atoms with Gasteiger partial charge in [-0.2, -0.15) is 8.42 Å². The summed E-state index contributed by atoms with van der Waals surface area (Å²) in [6, 6.07) is 0. The van der Waals surface area contributed by atoms with Crippen molar-refractivity contribution in [2.45, 2.75) is 11.7 Å². The molecule has 0 rings (SSSR count). The largest absolute Gasteiger partial charge is 0.481 e. The molecule has 0 aromatic carbocycles. The van der Waals surface area contributed by atoms with E-state index in [0.29, 0.717) is 6.26 Å². The minimum absolute atomic E-state index is 0.641. The topological polar surface area (TPSA) is 118 Å². The van der Waals surface area contributed by atoms with Crippen molar-refractivity contribution < 1.29 is 32.4 Å². The van der Waals surface area contributed by atoms with Crippen LogP contribution in [0.2, 0.25) is 0 Å². The lowest BCUT2D eigenvalue weighted by molar-refractivity contribution is -0.143. The average molecular weight is 224 g/mol. The Bertz CT molecular complexity index is 341. The van der Waals surface area contributed by atoms with Crippen LogP contribution in [0, 0.1) is 0 Å². The van der Waals surface area contributed by atoms with E-state index in [1.165, 1.54) is 0 Å². The van der Waals surface area contributed by atoms with E-state index < -0.39 is 33.7 Å². The lowest BCUT2D eigenvalue weighted by Gasteiger charge is -2.08. The molecule has 0 aromatic rings. The molecule has 0 amide bonds. The normalized spacial score (nSPS) is 12.9. The molecule has 0 bridgehead atoms. The van der Waals surface area contributed by atoms with E-state index in [-0.39, 0.29) is 0 Å². The van der Waals surface area contributed by atoms with Crippen molar-refractivity contribution in [1.82, 2.24) is 0 Å². The summed E-state index contributed by atoms with van der Waals surface area (Å²) < 4.78 is 33.6. The minimum Gasteiger partial charge on any atom is -0.481 e. The van der Waals surface area contributed by atoms with E-state index in [0.717, 1.165) is 0 Å². The molecule has 0 fully saturated rings. The minimum atomic E-state index is -4.78. The predicted octanol–water partition coefficient (Wildman–Crippen LogP) is -0.596. The van der Waals surface area contributed by atoms with Crippen molar-refractivity contribution >= 4 is 22.1 Å². The Labute approximate surface area is 79.7 Å². The molecule has 14 heavy (non-hydrogen) atoms.